The van der Waals surface area contributed by atoms with Crippen molar-refractivity contribution in [3.63, 3.8) is 0 Å². The van der Waals surface area contributed by atoms with Crippen LogP contribution in [0.4, 0.5) is 0 Å². The minimum atomic E-state index is -0.327. The maximum Gasteiger partial charge on any atom is 0.0850 e. The second-order valence-electron chi connectivity index (χ2n) is 3.84. The van der Waals surface area contributed by atoms with Crippen LogP contribution >= 0.6 is 34.8 Å². The van der Waals surface area contributed by atoms with Crippen molar-refractivity contribution < 1.29 is 9.84 Å². The second-order valence-corrected chi connectivity index (χ2v) is 5.03. The van der Waals surface area contributed by atoms with Crippen LogP contribution in [-0.2, 0) is 4.74 Å². The van der Waals surface area contributed by atoms with Crippen LogP contribution in [0.5, 0.6) is 0 Å². The molecule has 0 bridgehead atoms. The molecular weight excluding hydrogens is 270 g/mol. The third kappa shape index (κ3) is 2.63. The van der Waals surface area contributed by atoms with E-state index < -0.39 is 0 Å². The van der Waals surface area contributed by atoms with Crippen LogP contribution in [-0.4, -0.2) is 17.8 Å². The lowest BCUT2D eigenvalue weighted by Gasteiger charge is -2.27. The highest BCUT2D eigenvalue weighted by molar-refractivity contribution is 6.48. The summed E-state index contributed by atoms with van der Waals surface area (Å²) in [5.74, 6) is 0. The standard InChI is InChI=1S/C11H11Cl3O2/c12-8-3-6(4-9(13)11(8)14)10-5-7(15)1-2-16-10/h3-4,7,10,15H,1-2,5H2. The summed E-state index contributed by atoms with van der Waals surface area (Å²) in [7, 11) is 0. The molecule has 2 rings (SSSR count). The molecule has 0 radical (unpaired) electrons. The van der Waals surface area contributed by atoms with Gasteiger partial charge in [-0.15, -0.1) is 0 Å². The normalized spacial score (nSPS) is 25.8. The molecule has 5 heteroatoms. The molecule has 0 saturated carbocycles. The Balaban J connectivity index is 2.26. The lowest BCUT2D eigenvalue weighted by atomic mass is 9.99. The first-order valence-electron chi connectivity index (χ1n) is 5.02. The molecule has 1 aromatic rings. The average Bonchev–Trinajstić information content (AvgIpc) is 2.25. The van der Waals surface area contributed by atoms with E-state index in [1.807, 2.05) is 0 Å². The number of rotatable bonds is 1. The Kier molecular flexibility index (Phi) is 3.98. The van der Waals surface area contributed by atoms with Gasteiger partial charge in [0.1, 0.15) is 0 Å². The van der Waals surface area contributed by atoms with E-state index in [4.69, 9.17) is 39.5 Å². The summed E-state index contributed by atoms with van der Waals surface area (Å²) in [6.07, 6.45) is 0.753. The lowest BCUT2D eigenvalue weighted by molar-refractivity contribution is -0.0447. The molecule has 0 amide bonds. The fourth-order valence-corrected chi connectivity index (χ4v) is 2.39. The van der Waals surface area contributed by atoms with Crippen molar-refractivity contribution in [1.82, 2.24) is 0 Å². The van der Waals surface area contributed by atoms with Gasteiger partial charge in [0.05, 0.1) is 27.3 Å². The third-order valence-electron chi connectivity index (χ3n) is 2.63. The molecule has 0 spiro atoms. The van der Waals surface area contributed by atoms with Gasteiger partial charge in [0.2, 0.25) is 0 Å². The summed E-state index contributed by atoms with van der Waals surface area (Å²) in [6.45, 7) is 0.545. The van der Waals surface area contributed by atoms with Gasteiger partial charge in [-0.25, -0.2) is 0 Å². The van der Waals surface area contributed by atoms with Crippen molar-refractivity contribution in [3.05, 3.63) is 32.8 Å². The molecule has 1 aromatic carbocycles. The largest absolute Gasteiger partial charge is 0.393 e. The van der Waals surface area contributed by atoms with Crippen LogP contribution in [0.25, 0.3) is 0 Å². The molecule has 1 fully saturated rings. The Morgan fingerprint density at radius 2 is 1.81 bits per heavy atom. The van der Waals surface area contributed by atoms with Crippen molar-refractivity contribution in [1.29, 1.82) is 0 Å². The van der Waals surface area contributed by atoms with E-state index >= 15 is 0 Å². The molecule has 1 heterocycles. The van der Waals surface area contributed by atoms with Crippen LogP contribution in [0.3, 0.4) is 0 Å². The molecule has 0 aliphatic carbocycles. The SMILES string of the molecule is OC1CCOC(c2cc(Cl)c(Cl)c(Cl)c2)C1. The summed E-state index contributed by atoms with van der Waals surface area (Å²) >= 11 is 17.7. The molecule has 1 N–H and O–H groups in total. The molecule has 1 aliphatic rings. The zero-order valence-electron chi connectivity index (χ0n) is 8.42. The molecule has 2 atom stereocenters. The van der Waals surface area contributed by atoms with Crippen molar-refractivity contribution in [2.75, 3.05) is 6.61 Å². The van der Waals surface area contributed by atoms with Crippen LogP contribution in [0.2, 0.25) is 15.1 Å². The number of aliphatic hydroxyl groups excluding tert-OH is 1. The predicted molar refractivity (Wildman–Crippen MR) is 65.4 cm³/mol. The fraction of sp³-hybridized carbons (Fsp3) is 0.455. The Morgan fingerprint density at radius 3 is 2.38 bits per heavy atom. The Morgan fingerprint density at radius 1 is 1.19 bits per heavy atom. The number of hydrogen-bond donors (Lipinski definition) is 1. The summed E-state index contributed by atoms with van der Waals surface area (Å²) in [5, 5.41) is 10.7. The Hall–Kier alpha value is 0.01000. The third-order valence-corrected chi connectivity index (χ3v) is 3.83. The first-order valence-corrected chi connectivity index (χ1v) is 6.15. The first kappa shape index (κ1) is 12.5. The van der Waals surface area contributed by atoms with Crippen molar-refractivity contribution >= 4 is 34.8 Å². The zero-order valence-corrected chi connectivity index (χ0v) is 10.7. The van der Waals surface area contributed by atoms with Gasteiger partial charge in [0, 0.05) is 13.0 Å². The molecular formula is C11H11Cl3O2. The van der Waals surface area contributed by atoms with E-state index in [2.05, 4.69) is 0 Å². The molecule has 88 valence electrons. The second kappa shape index (κ2) is 5.11. The Bertz CT molecular complexity index is 372. The van der Waals surface area contributed by atoms with Gasteiger partial charge in [-0.2, -0.15) is 0 Å². The minimum absolute atomic E-state index is 0.156. The number of benzene rings is 1. The first-order chi connectivity index (χ1) is 7.58. The zero-order chi connectivity index (χ0) is 11.7. The predicted octanol–water partition coefficient (Wildman–Crippen LogP) is 3.86. The van der Waals surface area contributed by atoms with Crippen molar-refractivity contribution in [2.45, 2.75) is 25.0 Å². The number of halogens is 3. The quantitative estimate of drug-likeness (QED) is 0.792. The fourth-order valence-electron chi connectivity index (χ4n) is 1.77. The molecule has 2 unspecified atom stereocenters. The number of hydrogen-bond acceptors (Lipinski definition) is 2. The van der Waals surface area contributed by atoms with Crippen LogP contribution in [0.15, 0.2) is 12.1 Å². The van der Waals surface area contributed by atoms with Gasteiger partial charge < -0.3 is 9.84 Å². The monoisotopic (exact) mass is 280 g/mol. The summed E-state index contributed by atoms with van der Waals surface area (Å²) in [6, 6.07) is 3.47. The van der Waals surface area contributed by atoms with Crippen LogP contribution in [0, 0.1) is 0 Å². The maximum absolute atomic E-state index is 9.56. The van der Waals surface area contributed by atoms with Gasteiger partial charge >= 0.3 is 0 Å². The molecule has 1 saturated heterocycles. The topological polar surface area (TPSA) is 29.5 Å². The van der Waals surface area contributed by atoms with E-state index in [9.17, 15) is 5.11 Å². The average molecular weight is 282 g/mol. The number of ether oxygens (including phenoxy) is 1. The van der Waals surface area contributed by atoms with Gasteiger partial charge in [0.15, 0.2) is 0 Å². The van der Waals surface area contributed by atoms with E-state index in [-0.39, 0.29) is 12.2 Å². The molecule has 16 heavy (non-hydrogen) atoms. The summed E-state index contributed by atoms with van der Waals surface area (Å²) in [4.78, 5) is 0. The maximum atomic E-state index is 9.56. The highest BCUT2D eigenvalue weighted by Crippen LogP contribution is 2.36. The van der Waals surface area contributed by atoms with Crippen molar-refractivity contribution in [3.8, 4) is 0 Å². The summed E-state index contributed by atoms with van der Waals surface area (Å²) < 4.78 is 5.56. The van der Waals surface area contributed by atoms with E-state index in [0.29, 0.717) is 34.5 Å². The summed E-state index contributed by atoms with van der Waals surface area (Å²) in [5.41, 5.74) is 0.859. The number of aliphatic hydroxyl groups is 1. The van der Waals surface area contributed by atoms with Crippen LogP contribution < -0.4 is 0 Å². The van der Waals surface area contributed by atoms with Gasteiger partial charge in [-0.3, -0.25) is 0 Å². The van der Waals surface area contributed by atoms with E-state index in [1.54, 1.807) is 12.1 Å². The van der Waals surface area contributed by atoms with Crippen molar-refractivity contribution in [2.24, 2.45) is 0 Å². The van der Waals surface area contributed by atoms with E-state index in [0.717, 1.165) is 5.56 Å². The Labute approximate surface area is 109 Å². The lowest BCUT2D eigenvalue weighted by Crippen LogP contribution is -2.23. The molecule has 2 nitrogen and oxygen atoms in total. The highest BCUT2D eigenvalue weighted by atomic mass is 35.5. The van der Waals surface area contributed by atoms with Gasteiger partial charge in [0.25, 0.3) is 0 Å². The van der Waals surface area contributed by atoms with Gasteiger partial charge in [-0.1, -0.05) is 34.8 Å². The smallest absolute Gasteiger partial charge is 0.0850 e. The minimum Gasteiger partial charge on any atom is -0.393 e. The van der Waals surface area contributed by atoms with Gasteiger partial charge in [-0.05, 0) is 24.1 Å². The van der Waals surface area contributed by atoms with Crippen LogP contribution in [0.1, 0.15) is 24.5 Å². The molecule has 0 aromatic heterocycles. The highest BCUT2D eigenvalue weighted by Gasteiger charge is 2.23. The van der Waals surface area contributed by atoms with E-state index in [1.165, 1.54) is 0 Å². The molecule has 1 aliphatic heterocycles.